The number of alkyl halides is 3. The maximum absolute atomic E-state index is 13.4. The van der Waals surface area contributed by atoms with Crippen LogP contribution >= 0.6 is 11.6 Å². The van der Waals surface area contributed by atoms with Gasteiger partial charge in [0.05, 0.1) is 0 Å². The molecule has 1 saturated heterocycles. The van der Waals surface area contributed by atoms with Crippen LogP contribution < -0.4 is 5.43 Å². The fourth-order valence-corrected chi connectivity index (χ4v) is 2.82. The number of hydrazine groups is 1. The predicted molar refractivity (Wildman–Crippen MR) is 78.3 cm³/mol. The smallest absolute Gasteiger partial charge is 0.288 e. The second kappa shape index (κ2) is 6.08. The lowest BCUT2D eigenvalue weighted by Gasteiger charge is -2.37. The number of hydrogen-bond acceptors (Lipinski definition) is 2. The van der Waals surface area contributed by atoms with Crippen molar-refractivity contribution < 1.29 is 18.0 Å². The second-order valence-corrected chi connectivity index (χ2v) is 6.55. The van der Waals surface area contributed by atoms with Crippen molar-refractivity contribution in [3.8, 4) is 0 Å². The van der Waals surface area contributed by atoms with Gasteiger partial charge in [0.25, 0.3) is 0 Å². The molecule has 0 saturated carbocycles. The van der Waals surface area contributed by atoms with E-state index >= 15 is 0 Å². The third kappa shape index (κ3) is 3.93. The Labute approximate surface area is 132 Å². The van der Waals surface area contributed by atoms with E-state index in [9.17, 15) is 18.0 Å². The van der Waals surface area contributed by atoms with Crippen molar-refractivity contribution in [2.24, 2.45) is 0 Å². The quantitative estimate of drug-likeness (QED) is 0.910. The number of amides is 1. The number of rotatable bonds is 4. The van der Waals surface area contributed by atoms with Crippen molar-refractivity contribution in [1.29, 1.82) is 0 Å². The van der Waals surface area contributed by atoms with Crippen LogP contribution in [-0.4, -0.2) is 28.7 Å². The number of nitrogens with zero attached hydrogens (tertiary/aromatic N) is 1. The molecule has 0 bridgehead atoms. The van der Waals surface area contributed by atoms with Crippen LogP contribution in [0.1, 0.15) is 32.3 Å². The van der Waals surface area contributed by atoms with E-state index in [4.69, 9.17) is 11.6 Å². The van der Waals surface area contributed by atoms with Gasteiger partial charge in [-0.25, -0.2) is 5.01 Å². The lowest BCUT2D eigenvalue weighted by atomic mass is 9.97. The predicted octanol–water partition coefficient (Wildman–Crippen LogP) is 3.72. The van der Waals surface area contributed by atoms with Gasteiger partial charge in [-0.05, 0) is 44.4 Å². The van der Waals surface area contributed by atoms with Gasteiger partial charge in [-0.2, -0.15) is 13.2 Å². The molecule has 0 radical (unpaired) electrons. The molecular weight excluding hydrogens is 317 g/mol. The summed E-state index contributed by atoms with van der Waals surface area (Å²) in [7, 11) is 0. The molecule has 1 aliphatic rings. The molecule has 1 aromatic rings. The zero-order valence-corrected chi connectivity index (χ0v) is 13.1. The zero-order valence-electron chi connectivity index (χ0n) is 12.4. The first-order chi connectivity index (χ1) is 10.1. The number of nitrogens with one attached hydrogen (secondary N) is 1. The topological polar surface area (TPSA) is 32.3 Å². The summed E-state index contributed by atoms with van der Waals surface area (Å²) in [6.07, 6.45) is -4.24. The van der Waals surface area contributed by atoms with E-state index in [0.717, 1.165) is 10.6 Å². The van der Waals surface area contributed by atoms with Gasteiger partial charge in [0.1, 0.15) is 6.04 Å². The molecule has 0 aromatic heterocycles. The lowest BCUT2D eigenvalue weighted by molar-refractivity contribution is -0.202. The number of benzene rings is 1. The first-order valence-electron chi connectivity index (χ1n) is 6.99. The molecule has 1 fully saturated rings. The van der Waals surface area contributed by atoms with Gasteiger partial charge in [0, 0.05) is 17.0 Å². The van der Waals surface area contributed by atoms with E-state index in [1.165, 1.54) is 0 Å². The molecule has 22 heavy (non-hydrogen) atoms. The van der Waals surface area contributed by atoms with Crippen molar-refractivity contribution in [3.05, 3.63) is 34.9 Å². The van der Waals surface area contributed by atoms with Crippen LogP contribution in [0.4, 0.5) is 13.2 Å². The Morgan fingerprint density at radius 3 is 2.36 bits per heavy atom. The molecule has 1 atom stereocenters. The van der Waals surface area contributed by atoms with E-state index in [-0.39, 0.29) is 25.2 Å². The number of carbonyl (C=O) groups is 1. The van der Waals surface area contributed by atoms with Crippen molar-refractivity contribution in [2.45, 2.75) is 50.9 Å². The van der Waals surface area contributed by atoms with Gasteiger partial charge >= 0.3 is 6.18 Å². The highest BCUT2D eigenvalue weighted by Crippen LogP contribution is 2.35. The standard InChI is InChI=1S/C15H18ClF3N2O/c1-14(2)9-13(22)20-21(14)12(15(17,18)19)8-5-10-3-6-11(16)7-4-10/h3-4,6-7,12H,5,8-9H2,1-2H3,(H,20,22). The van der Waals surface area contributed by atoms with Gasteiger partial charge < -0.3 is 0 Å². The lowest BCUT2D eigenvalue weighted by Crippen LogP contribution is -2.56. The highest BCUT2D eigenvalue weighted by atomic mass is 35.5. The van der Waals surface area contributed by atoms with Gasteiger partial charge in [-0.1, -0.05) is 23.7 Å². The Bertz CT molecular complexity index is 543. The van der Waals surface area contributed by atoms with Gasteiger partial charge in [0.15, 0.2) is 0 Å². The van der Waals surface area contributed by atoms with Crippen molar-refractivity contribution in [2.75, 3.05) is 0 Å². The van der Waals surface area contributed by atoms with Gasteiger partial charge in [0.2, 0.25) is 5.91 Å². The van der Waals surface area contributed by atoms with E-state index in [0.29, 0.717) is 5.02 Å². The summed E-state index contributed by atoms with van der Waals surface area (Å²) in [5, 5.41) is 1.59. The number of hydrogen-bond donors (Lipinski definition) is 1. The molecule has 1 amide bonds. The van der Waals surface area contributed by atoms with E-state index < -0.39 is 17.8 Å². The molecule has 0 aliphatic carbocycles. The number of carbonyl (C=O) groups excluding carboxylic acids is 1. The van der Waals surface area contributed by atoms with Crippen LogP contribution in [0.5, 0.6) is 0 Å². The fourth-order valence-electron chi connectivity index (χ4n) is 2.70. The second-order valence-electron chi connectivity index (χ2n) is 6.12. The summed E-state index contributed by atoms with van der Waals surface area (Å²) in [6.45, 7) is 3.26. The summed E-state index contributed by atoms with van der Waals surface area (Å²) in [5.74, 6) is -0.384. The minimum absolute atomic E-state index is 0.0561. The summed E-state index contributed by atoms with van der Waals surface area (Å²) in [6, 6.07) is 5.01. The van der Waals surface area contributed by atoms with Crippen molar-refractivity contribution in [1.82, 2.24) is 10.4 Å². The highest BCUT2D eigenvalue weighted by molar-refractivity contribution is 6.30. The third-order valence-corrected chi connectivity index (χ3v) is 4.05. The summed E-state index contributed by atoms with van der Waals surface area (Å²) >= 11 is 5.77. The summed E-state index contributed by atoms with van der Waals surface area (Å²) < 4.78 is 40.2. The van der Waals surface area contributed by atoms with E-state index in [1.807, 2.05) is 0 Å². The molecular formula is C15H18ClF3N2O. The monoisotopic (exact) mass is 334 g/mol. The normalized spacial score (nSPS) is 20.0. The maximum atomic E-state index is 13.4. The molecule has 1 aromatic carbocycles. The molecule has 2 rings (SSSR count). The first kappa shape index (κ1) is 17.1. The average Bonchev–Trinajstić information content (AvgIpc) is 2.63. The first-order valence-corrected chi connectivity index (χ1v) is 7.37. The summed E-state index contributed by atoms with van der Waals surface area (Å²) in [4.78, 5) is 11.5. The van der Waals surface area contributed by atoms with Crippen molar-refractivity contribution in [3.63, 3.8) is 0 Å². The molecule has 122 valence electrons. The number of halogens is 4. The SMILES string of the molecule is CC1(C)CC(=O)NN1C(CCc1ccc(Cl)cc1)C(F)(F)F. The molecule has 1 unspecified atom stereocenters. The van der Waals surface area contributed by atoms with E-state index in [2.05, 4.69) is 5.43 Å². The van der Waals surface area contributed by atoms with E-state index in [1.54, 1.807) is 38.1 Å². The average molecular weight is 335 g/mol. The Hall–Kier alpha value is -1.27. The molecule has 3 nitrogen and oxygen atoms in total. The van der Waals surface area contributed by atoms with Crippen LogP contribution in [0.15, 0.2) is 24.3 Å². The van der Waals surface area contributed by atoms with Crippen LogP contribution in [0, 0.1) is 0 Å². The molecule has 0 spiro atoms. The zero-order chi connectivity index (χ0) is 16.5. The van der Waals surface area contributed by atoms with Crippen LogP contribution in [0.2, 0.25) is 5.02 Å². The third-order valence-electron chi connectivity index (χ3n) is 3.80. The van der Waals surface area contributed by atoms with Crippen LogP contribution in [0.25, 0.3) is 0 Å². The maximum Gasteiger partial charge on any atom is 0.405 e. The number of aryl methyl sites for hydroxylation is 1. The molecule has 1 heterocycles. The minimum Gasteiger partial charge on any atom is -0.288 e. The molecule has 1 N–H and O–H groups in total. The highest BCUT2D eigenvalue weighted by Gasteiger charge is 2.51. The van der Waals surface area contributed by atoms with Crippen molar-refractivity contribution >= 4 is 17.5 Å². The van der Waals surface area contributed by atoms with Gasteiger partial charge in [-0.3, -0.25) is 10.2 Å². The Balaban J connectivity index is 2.14. The largest absolute Gasteiger partial charge is 0.405 e. The summed E-state index contributed by atoms with van der Waals surface area (Å²) in [5.41, 5.74) is 2.27. The Morgan fingerprint density at radius 2 is 1.91 bits per heavy atom. The van der Waals surface area contributed by atoms with Crippen LogP contribution in [0.3, 0.4) is 0 Å². The molecule has 1 aliphatic heterocycles. The van der Waals surface area contributed by atoms with Crippen LogP contribution in [-0.2, 0) is 11.2 Å². The van der Waals surface area contributed by atoms with Gasteiger partial charge in [-0.15, -0.1) is 0 Å². The molecule has 7 heteroatoms. The minimum atomic E-state index is -4.42. The fraction of sp³-hybridized carbons (Fsp3) is 0.533. The Kier molecular flexibility index (Phi) is 4.73. The Morgan fingerprint density at radius 1 is 1.32 bits per heavy atom.